The number of hydrogen-bond acceptors (Lipinski definition) is 5. The van der Waals surface area contributed by atoms with Crippen molar-refractivity contribution < 1.29 is 4.74 Å². The summed E-state index contributed by atoms with van der Waals surface area (Å²) in [6.45, 7) is 2.82. The van der Waals surface area contributed by atoms with Gasteiger partial charge >= 0.3 is 0 Å². The lowest BCUT2D eigenvalue weighted by atomic mass is 9.68. The van der Waals surface area contributed by atoms with E-state index in [2.05, 4.69) is 47.1 Å². The molecule has 1 saturated heterocycles. The molecule has 0 unspecified atom stereocenters. The van der Waals surface area contributed by atoms with E-state index in [0.29, 0.717) is 0 Å². The average molecular weight is 439 g/mol. The van der Waals surface area contributed by atoms with E-state index in [1.54, 1.807) is 0 Å². The Morgan fingerprint density at radius 2 is 1.93 bits per heavy atom. The van der Waals surface area contributed by atoms with E-state index in [0.717, 1.165) is 39.0 Å². The highest BCUT2D eigenvalue weighted by molar-refractivity contribution is 7.21. The maximum absolute atomic E-state index is 6.37. The fraction of sp³-hybridized carbons (Fsp3) is 0.480. The summed E-state index contributed by atoms with van der Waals surface area (Å²) in [5.41, 5.74) is 1.49. The molecule has 4 heterocycles. The average Bonchev–Trinajstić information content (AvgIpc) is 3.54. The van der Waals surface area contributed by atoms with Crippen LogP contribution in [0.2, 0.25) is 0 Å². The van der Waals surface area contributed by atoms with Crippen molar-refractivity contribution in [3.8, 4) is 9.75 Å². The number of ether oxygens (including phenoxy) is 1. The van der Waals surface area contributed by atoms with Crippen LogP contribution in [0.4, 0.5) is 0 Å². The zero-order chi connectivity index (χ0) is 20.3. The molecule has 2 aliphatic rings. The van der Waals surface area contributed by atoms with Crippen molar-refractivity contribution >= 4 is 22.7 Å². The Bertz CT molecular complexity index is 931. The van der Waals surface area contributed by atoms with Crippen LogP contribution in [-0.2, 0) is 16.7 Å². The molecule has 1 aliphatic heterocycles. The van der Waals surface area contributed by atoms with Crippen LogP contribution >= 0.6 is 22.7 Å². The normalized spacial score (nSPS) is 23.2. The standard InChI is InChI=1S/C25H30N2OS2/c1-4-14-27-23(7-1)24(13-16-28-25(19-24)10-2-3-11-25)12-15-26-18-20-8-9-22(30-20)21-6-5-17-29-21/h1,4-9,14,17,26H,2-3,10-13,15-16,18-19H2/t24-/m1/s1. The molecular formula is C25H30N2OS2. The molecule has 1 N–H and O–H groups in total. The lowest BCUT2D eigenvalue weighted by molar-refractivity contribution is -0.104. The molecule has 5 rings (SSSR count). The predicted octanol–water partition coefficient (Wildman–Crippen LogP) is 6.41. The van der Waals surface area contributed by atoms with Gasteiger partial charge in [-0.05, 0) is 74.4 Å². The predicted molar refractivity (Wildman–Crippen MR) is 126 cm³/mol. The third kappa shape index (κ3) is 4.26. The first-order chi connectivity index (χ1) is 14.8. The van der Waals surface area contributed by atoms with Gasteiger partial charge in [-0.15, -0.1) is 22.7 Å². The maximum Gasteiger partial charge on any atom is 0.0691 e. The van der Waals surface area contributed by atoms with Gasteiger partial charge in [-0.3, -0.25) is 4.98 Å². The van der Waals surface area contributed by atoms with Gasteiger partial charge < -0.3 is 10.1 Å². The summed E-state index contributed by atoms with van der Waals surface area (Å²) >= 11 is 3.72. The molecule has 0 radical (unpaired) electrons. The monoisotopic (exact) mass is 438 g/mol. The molecular weight excluding hydrogens is 408 g/mol. The van der Waals surface area contributed by atoms with E-state index in [1.807, 2.05) is 34.9 Å². The number of thiophene rings is 2. The van der Waals surface area contributed by atoms with Gasteiger partial charge in [0, 0.05) is 45.1 Å². The first kappa shape index (κ1) is 20.4. The Balaban J connectivity index is 1.25. The summed E-state index contributed by atoms with van der Waals surface area (Å²) in [6, 6.07) is 15.3. The van der Waals surface area contributed by atoms with Crippen LogP contribution in [-0.4, -0.2) is 23.7 Å². The minimum Gasteiger partial charge on any atom is -0.375 e. The summed E-state index contributed by atoms with van der Waals surface area (Å²) in [5, 5.41) is 5.87. The number of hydrogen-bond donors (Lipinski definition) is 1. The molecule has 0 aromatic carbocycles. The summed E-state index contributed by atoms with van der Waals surface area (Å²) in [6.07, 6.45) is 10.3. The van der Waals surface area contributed by atoms with E-state index >= 15 is 0 Å². The second-order valence-electron chi connectivity index (χ2n) is 8.83. The Morgan fingerprint density at radius 1 is 1.00 bits per heavy atom. The van der Waals surface area contributed by atoms with Crippen LogP contribution in [0, 0.1) is 0 Å². The zero-order valence-electron chi connectivity index (χ0n) is 17.4. The van der Waals surface area contributed by atoms with E-state index in [4.69, 9.17) is 9.72 Å². The highest BCUT2D eigenvalue weighted by Crippen LogP contribution is 2.49. The Morgan fingerprint density at radius 3 is 2.73 bits per heavy atom. The Hall–Kier alpha value is -1.53. The zero-order valence-corrected chi connectivity index (χ0v) is 19.1. The fourth-order valence-corrected chi connectivity index (χ4v) is 7.17. The minimum absolute atomic E-state index is 0.0964. The molecule has 2 fully saturated rings. The van der Waals surface area contributed by atoms with Gasteiger partial charge in [-0.2, -0.15) is 0 Å². The van der Waals surface area contributed by atoms with Gasteiger partial charge in [0.15, 0.2) is 0 Å². The molecule has 1 saturated carbocycles. The topological polar surface area (TPSA) is 34.1 Å². The van der Waals surface area contributed by atoms with Crippen LogP contribution in [0.25, 0.3) is 9.75 Å². The molecule has 0 amide bonds. The largest absolute Gasteiger partial charge is 0.375 e. The Labute approximate surface area is 187 Å². The first-order valence-corrected chi connectivity index (χ1v) is 12.9. The van der Waals surface area contributed by atoms with Crippen molar-refractivity contribution in [3.05, 3.63) is 64.6 Å². The van der Waals surface area contributed by atoms with E-state index in [9.17, 15) is 0 Å². The molecule has 3 nitrogen and oxygen atoms in total. The van der Waals surface area contributed by atoms with Crippen LogP contribution in [0.1, 0.15) is 55.5 Å². The maximum atomic E-state index is 6.37. The highest BCUT2D eigenvalue weighted by Gasteiger charge is 2.48. The van der Waals surface area contributed by atoms with Gasteiger partial charge in [-0.1, -0.05) is 25.0 Å². The van der Waals surface area contributed by atoms with Crippen LogP contribution in [0.15, 0.2) is 54.0 Å². The van der Waals surface area contributed by atoms with E-state index in [1.165, 1.54) is 46.0 Å². The molecule has 3 aromatic heterocycles. The Kier molecular flexibility index (Phi) is 6.05. The second kappa shape index (κ2) is 8.91. The molecule has 1 atom stereocenters. The van der Waals surface area contributed by atoms with Gasteiger partial charge in [-0.25, -0.2) is 0 Å². The number of aromatic nitrogens is 1. The fourth-order valence-electron chi connectivity index (χ4n) is 5.36. The lowest BCUT2D eigenvalue weighted by Crippen LogP contribution is -2.47. The quantitative estimate of drug-likeness (QED) is 0.433. The summed E-state index contributed by atoms with van der Waals surface area (Å²) in [7, 11) is 0. The van der Waals surface area contributed by atoms with Crippen molar-refractivity contribution in [3.63, 3.8) is 0 Å². The smallest absolute Gasteiger partial charge is 0.0691 e. The third-order valence-electron chi connectivity index (χ3n) is 6.88. The summed E-state index contributed by atoms with van der Waals surface area (Å²) in [4.78, 5) is 8.96. The van der Waals surface area contributed by atoms with E-state index < -0.39 is 0 Å². The second-order valence-corrected chi connectivity index (χ2v) is 10.9. The number of rotatable bonds is 7. The molecule has 158 valence electrons. The van der Waals surface area contributed by atoms with Crippen LogP contribution in [0.3, 0.4) is 0 Å². The molecule has 5 heteroatoms. The SMILES string of the molecule is c1ccc([C@]2(CCNCc3ccc(-c4cccs4)s3)CCOC3(CCCC3)C2)nc1. The molecule has 1 aliphatic carbocycles. The van der Waals surface area contributed by atoms with Crippen LogP contribution in [0.5, 0.6) is 0 Å². The third-order valence-corrected chi connectivity index (χ3v) is 9.03. The highest BCUT2D eigenvalue weighted by atomic mass is 32.1. The minimum atomic E-state index is 0.0964. The van der Waals surface area contributed by atoms with Crippen molar-refractivity contribution in [2.45, 2.75) is 62.5 Å². The van der Waals surface area contributed by atoms with Crippen molar-refractivity contribution in [2.24, 2.45) is 0 Å². The van der Waals surface area contributed by atoms with Crippen molar-refractivity contribution in [1.82, 2.24) is 10.3 Å². The summed E-state index contributed by atoms with van der Waals surface area (Å²) in [5.74, 6) is 0. The van der Waals surface area contributed by atoms with Gasteiger partial charge in [0.05, 0.1) is 5.60 Å². The first-order valence-electron chi connectivity index (χ1n) is 11.2. The van der Waals surface area contributed by atoms with Crippen LogP contribution < -0.4 is 5.32 Å². The number of pyridine rings is 1. The molecule has 1 spiro atoms. The van der Waals surface area contributed by atoms with Gasteiger partial charge in [0.1, 0.15) is 0 Å². The van der Waals surface area contributed by atoms with E-state index in [-0.39, 0.29) is 11.0 Å². The van der Waals surface area contributed by atoms with Gasteiger partial charge in [0.25, 0.3) is 0 Å². The van der Waals surface area contributed by atoms with Gasteiger partial charge in [0.2, 0.25) is 0 Å². The van der Waals surface area contributed by atoms with Crippen molar-refractivity contribution in [1.29, 1.82) is 0 Å². The molecule has 0 bridgehead atoms. The summed E-state index contributed by atoms with van der Waals surface area (Å²) < 4.78 is 6.37. The number of nitrogens with zero attached hydrogens (tertiary/aromatic N) is 1. The molecule has 3 aromatic rings. The van der Waals surface area contributed by atoms with Crippen molar-refractivity contribution in [2.75, 3.05) is 13.2 Å². The number of nitrogens with one attached hydrogen (secondary N) is 1. The molecule has 30 heavy (non-hydrogen) atoms. The lowest BCUT2D eigenvalue weighted by Gasteiger charge is -2.46.